The molecule has 0 N–H and O–H groups in total. The van der Waals surface area contributed by atoms with Crippen LogP contribution in [0.2, 0.25) is 0 Å². The maximum atomic E-state index is 10.7. The van der Waals surface area contributed by atoms with Gasteiger partial charge < -0.3 is 9.47 Å². The van der Waals surface area contributed by atoms with Crippen molar-refractivity contribution in [3.63, 3.8) is 0 Å². The first-order valence-corrected chi connectivity index (χ1v) is 3.99. The van der Waals surface area contributed by atoms with E-state index in [-0.39, 0.29) is 22.7 Å². The Morgan fingerprint density at radius 2 is 1.73 bits per heavy atom. The highest BCUT2D eigenvalue weighted by Crippen LogP contribution is 2.32. The molecule has 0 aliphatic heterocycles. The molecule has 15 heavy (non-hydrogen) atoms. The Hall–Kier alpha value is -2.11. The van der Waals surface area contributed by atoms with E-state index in [0.717, 1.165) is 0 Å². The molecule has 0 saturated heterocycles. The second-order valence-electron chi connectivity index (χ2n) is 2.64. The molecule has 0 bridgehead atoms. The van der Waals surface area contributed by atoms with Crippen molar-refractivity contribution < 1.29 is 19.2 Å². The van der Waals surface area contributed by atoms with Gasteiger partial charge in [0.05, 0.1) is 36.8 Å². The smallest absolute Gasteiger partial charge is 0.276 e. The van der Waals surface area contributed by atoms with Crippen LogP contribution in [0.25, 0.3) is 0 Å². The van der Waals surface area contributed by atoms with E-state index < -0.39 is 4.92 Å². The Kier molecular flexibility index (Phi) is 3.22. The molecule has 1 aromatic carbocycles. The maximum absolute atomic E-state index is 10.7. The van der Waals surface area contributed by atoms with Crippen molar-refractivity contribution in [2.45, 2.75) is 0 Å². The molecule has 0 fully saturated rings. The van der Waals surface area contributed by atoms with Crippen molar-refractivity contribution in [3.8, 4) is 11.5 Å². The number of rotatable bonds is 4. The molecule has 0 aromatic heterocycles. The van der Waals surface area contributed by atoms with E-state index in [1.165, 1.54) is 26.4 Å². The lowest BCUT2D eigenvalue weighted by Crippen LogP contribution is -1.98. The van der Waals surface area contributed by atoms with Crippen LogP contribution in [0.3, 0.4) is 0 Å². The number of carbonyl (C=O) groups is 1. The summed E-state index contributed by atoms with van der Waals surface area (Å²) in [6.45, 7) is 0. The largest absolute Gasteiger partial charge is 0.496 e. The molecule has 80 valence electrons. The SMILES string of the molecule is COc1cc([N+](=O)[O-])cc(OC)c1C=O. The van der Waals surface area contributed by atoms with Crippen LogP contribution < -0.4 is 9.47 Å². The number of benzene rings is 1. The molecular formula is C9H9NO5. The number of hydrogen-bond donors (Lipinski definition) is 0. The monoisotopic (exact) mass is 211 g/mol. The summed E-state index contributed by atoms with van der Waals surface area (Å²) in [5.74, 6) is 0.243. The van der Waals surface area contributed by atoms with Crippen molar-refractivity contribution in [1.29, 1.82) is 0 Å². The topological polar surface area (TPSA) is 78.7 Å². The van der Waals surface area contributed by atoms with Gasteiger partial charge in [-0.1, -0.05) is 0 Å². The van der Waals surface area contributed by atoms with E-state index in [9.17, 15) is 14.9 Å². The van der Waals surface area contributed by atoms with E-state index in [2.05, 4.69) is 0 Å². The molecule has 1 rings (SSSR count). The summed E-state index contributed by atoms with van der Waals surface area (Å²) in [4.78, 5) is 20.7. The molecule has 1 aromatic rings. The Morgan fingerprint density at radius 3 is 2.00 bits per heavy atom. The Balaban J connectivity index is 3.41. The number of nitro benzene ring substituents is 1. The normalized spacial score (nSPS) is 9.47. The molecule has 6 heteroatoms. The van der Waals surface area contributed by atoms with Gasteiger partial charge in [-0.15, -0.1) is 0 Å². The van der Waals surface area contributed by atoms with E-state index in [1.807, 2.05) is 0 Å². The van der Waals surface area contributed by atoms with Crippen LogP contribution in [-0.2, 0) is 0 Å². The summed E-state index contributed by atoms with van der Waals surface area (Å²) in [7, 11) is 2.65. The van der Waals surface area contributed by atoms with E-state index in [0.29, 0.717) is 6.29 Å². The van der Waals surface area contributed by atoms with Crippen molar-refractivity contribution in [3.05, 3.63) is 27.8 Å². The fourth-order valence-electron chi connectivity index (χ4n) is 1.15. The minimum absolute atomic E-state index is 0.121. The van der Waals surface area contributed by atoms with Gasteiger partial charge in [0, 0.05) is 0 Å². The van der Waals surface area contributed by atoms with Crippen LogP contribution >= 0.6 is 0 Å². The minimum atomic E-state index is -0.584. The molecule has 0 radical (unpaired) electrons. The van der Waals surface area contributed by atoms with Crippen molar-refractivity contribution in [2.24, 2.45) is 0 Å². The standard InChI is InChI=1S/C9H9NO5/c1-14-8-3-6(10(12)13)4-9(15-2)7(8)5-11/h3-5H,1-2H3. The summed E-state index contributed by atoms with van der Waals surface area (Å²) in [5, 5.41) is 10.5. The zero-order chi connectivity index (χ0) is 11.4. The van der Waals surface area contributed by atoms with Crippen molar-refractivity contribution in [2.75, 3.05) is 14.2 Å². The van der Waals surface area contributed by atoms with Crippen LogP contribution in [0.15, 0.2) is 12.1 Å². The molecule has 0 unspecified atom stereocenters. The highest BCUT2D eigenvalue weighted by atomic mass is 16.6. The summed E-state index contributed by atoms with van der Waals surface area (Å²) < 4.78 is 9.71. The predicted molar refractivity (Wildman–Crippen MR) is 51.6 cm³/mol. The highest BCUT2D eigenvalue weighted by molar-refractivity contribution is 5.84. The third-order valence-corrected chi connectivity index (χ3v) is 1.86. The molecule has 0 spiro atoms. The second-order valence-corrected chi connectivity index (χ2v) is 2.64. The Bertz CT molecular complexity index is 376. The number of nitrogens with zero attached hydrogens (tertiary/aromatic N) is 1. The van der Waals surface area contributed by atoms with Crippen LogP contribution in [0.1, 0.15) is 10.4 Å². The number of non-ortho nitro benzene ring substituents is 1. The average molecular weight is 211 g/mol. The average Bonchev–Trinajstić information content (AvgIpc) is 2.26. The van der Waals surface area contributed by atoms with E-state index in [4.69, 9.17) is 9.47 Å². The second kappa shape index (κ2) is 4.41. The lowest BCUT2D eigenvalue weighted by atomic mass is 10.1. The summed E-state index contributed by atoms with van der Waals surface area (Å²) in [5.41, 5.74) is -0.0279. The molecular weight excluding hydrogens is 202 g/mol. The minimum Gasteiger partial charge on any atom is -0.496 e. The third-order valence-electron chi connectivity index (χ3n) is 1.86. The molecule has 0 atom stereocenters. The third kappa shape index (κ3) is 2.04. The molecule has 0 heterocycles. The highest BCUT2D eigenvalue weighted by Gasteiger charge is 2.17. The predicted octanol–water partition coefficient (Wildman–Crippen LogP) is 1.42. The number of nitro groups is 1. The summed E-state index contributed by atoms with van der Waals surface area (Å²) in [6, 6.07) is 2.35. The number of hydrogen-bond acceptors (Lipinski definition) is 5. The molecule has 0 amide bonds. The zero-order valence-electron chi connectivity index (χ0n) is 8.22. The summed E-state index contributed by atoms with van der Waals surface area (Å²) >= 11 is 0. The Morgan fingerprint density at radius 1 is 1.27 bits per heavy atom. The van der Waals surface area contributed by atoms with Crippen molar-refractivity contribution in [1.82, 2.24) is 0 Å². The lowest BCUT2D eigenvalue weighted by Gasteiger charge is -2.07. The van der Waals surface area contributed by atoms with Gasteiger partial charge in [-0.05, 0) is 0 Å². The number of ether oxygens (including phenoxy) is 2. The maximum Gasteiger partial charge on any atom is 0.276 e. The fourth-order valence-corrected chi connectivity index (χ4v) is 1.15. The molecule has 0 saturated carbocycles. The van der Waals surface area contributed by atoms with Gasteiger partial charge in [0.1, 0.15) is 11.5 Å². The lowest BCUT2D eigenvalue weighted by molar-refractivity contribution is -0.385. The van der Waals surface area contributed by atoms with Gasteiger partial charge >= 0.3 is 0 Å². The van der Waals surface area contributed by atoms with Gasteiger partial charge in [-0.3, -0.25) is 14.9 Å². The number of aldehydes is 1. The summed E-state index contributed by atoms with van der Waals surface area (Å²) in [6.07, 6.45) is 0.529. The quantitative estimate of drug-likeness (QED) is 0.427. The van der Waals surface area contributed by atoms with Crippen molar-refractivity contribution >= 4 is 12.0 Å². The fraction of sp³-hybridized carbons (Fsp3) is 0.222. The van der Waals surface area contributed by atoms with Crippen LogP contribution in [-0.4, -0.2) is 25.4 Å². The van der Waals surface area contributed by atoms with Crippen LogP contribution in [0.5, 0.6) is 11.5 Å². The number of carbonyl (C=O) groups excluding carboxylic acids is 1. The van der Waals surface area contributed by atoms with Crippen LogP contribution in [0.4, 0.5) is 5.69 Å². The molecule has 0 aliphatic rings. The Labute approximate surface area is 85.6 Å². The first-order valence-electron chi connectivity index (χ1n) is 3.99. The van der Waals surface area contributed by atoms with Gasteiger partial charge in [0.2, 0.25) is 0 Å². The number of methoxy groups -OCH3 is 2. The van der Waals surface area contributed by atoms with Gasteiger partial charge in [0.15, 0.2) is 6.29 Å². The van der Waals surface area contributed by atoms with Crippen LogP contribution in [0, 0.1) is 10.1 Å². The molecule has 0 aliphatic carbocycles. The van der Waals surface area contributed by atoms with Gasteiger partial charge in [-0.25, -0.2) is 0 Å². The molecule has 6 nitrogen and oxygen atoms in total. The first kappa shape index (κ1) is 11.0. The van der Waals surface area contributed by atoms with E-state index in [1.54, 1.807) is 0 Å². The van der Waals surface area contributed by atoms with Gasteiger partial charge in [-0.2, -0.15) is 0 Å². The van der Waals surface area contributed by atoms with E-state index >= 15 is 0 Å². The van der Waals surface area contributed by atoms with Gasteiger partial charge in [0.25, 0.3) is 5.69 Å². The zero-order valence-corrected chi connectivity index (χ0v) is 8.22. The first-order chi connectivity index (χ1) is 7.13.